The molecule has 1 aromatic rings. The van der Waals surface area contributed by atoms with Crippen molar-refractivity contribution in [2.24, 2.45) is 0 Å². The molecular weight excluding hydrogens is 334 g/mol. The summed E-state index contributed by atoms with van der Waals surface area (Å²) >= 11 is 0. The highest BCUT2D eigenvalue weighted by Gasteiger charge is 2.22. The van der Waals surface area contributed by atoms with Crippen LogP contribution in [-0.4, -0.2) is 56.3 Å². The molecule has 6 heteroatoms. The summed E-state index contributed by atoms with van der Waals surface area (Å²) in [5.41, 5.74) is 0.875. The Morgan fingerprint density at radius 2 is 2.23 bits per heavy atom. The van der Waals surface area contributed by atoms with Crippen molar-refractivity contribution in [1.82, 2.24) is 4.90 Å². The predicted octanol–water partition coefficient (Wildman–Crippen LogP) is 2.67. The molecule has 1 unspecified atom stereocenters. The number of carbonyl (C=O) groups excluding carboxylic acids is 2. The Morgan fingerprint density at radius 3 is 2.92 bits per heavy atom. The van der Waals surface area contributed by atoms with Gasteiger partial charge in [0.05, 0.1) is 26.2 Å². The molecule has 0 spiro atoms. The lowest BCUT2D eigenvalue weighted by Gasteiger charge is -2.24. The Kier molecular flexibility index (Phi) is 8.15. The molecule has 1 amide bonds. The summed E-state index contributed by atoms with van der Waals surface area (Å²) in [6.07, 6.45) is 5.42. The SMILES string of the molecule is CCOC(=O)CCN(CC1CCCO1)C(=O)/C=C/c1cccc(OC)c1. The van der Waals surface area contributed by atoms with E-state index in [0.717, 1.165) is 30.8 Å². The maximum atomic E-state index is 12.6. The van der Waals surface area contributed by atoms with E-state index in [1.54, 1.807) is 25.0 Å². The largest absolute Gasteiger partial charge is 0.497 e. The highest BCUT2D eigenvalue weighted by molar-refractivity contribution is 5.92. The lowest BCUT2D eigenvalue weighted by atomic mass is 10.2. The zero-order valence-corrected chi connectivity index (χ0v) is 15.5. The van der Waals surface area contributed by atoms with Crippen LogP contribution in [0.5, 0.6) is 5.75 Å². The molecule has 0 saturated carbocycles. The van der Waals surface area contributed by atoms with Crippen LogP contribution >= 0.6 is 0 Å². The van der Waals surface area contributed by atoms with Gasteiger partial charge in [-0.05, 0) is 43.5 Å². The highest BCUT2D eigenvalue weighted by atomic mass is 16.5. The van der Waals surface area contributed by atoms with Gasteiger partial charge in [0.25, 0.3) is 0 Å². The van der Waals surface area contributed by atoms with E-state index in [1.165, 1.54) is 6.08 Å². The first-order chi connectivity index (χ1) is 12.6. The van der Waals surface area contributed by atoms with Gasteiger partial charge in [-0.2, -0.15) is 0 Å². The second kappa shape index (κ2) is 10.6. The fourth-order valence-electron chi connectivity index (χ4n) is 2.80. The molecule has 1 aliphatic heterocycles. The Bertz CT molecular complexity index is 622. The predicted molar refractivity (Wildman–Crippen MR) is 98.8 cm³/mol. The average molecular weight is 361 g/mol. The Morgan fingerprint density at radius 1 is 1.38 bits per heavy atom. The summed E-state index contributed by atoms with van der Waals surface area (Å²) in [6, 6.07) is 7.47. The van der Waals surface area contributed by atoms with E-state index in [9.17, 15) is 9.59 Å². The summed E-state index contributed by atoms with van der Waals surface area (Å²) in [7, 11) is 1.60. The van der Waals surface area contributed by atoms with E-state index in [2.05, 4.69) is 0 Å². The van der Waals surface area contributed by atoms with Crippen LogP contribution in [0, 0.1) is 0 Å². The summed E-state index contributed by atoms with van der Waals surface area (Å²) in [4.78, 5) is 25.9. The van der Waals surface area contributed by atoms with Crippen LogP contribution in [0.4, 0.5) is 0 Å². The number of hydrogen-bond donors (Lipinski definition) is 0. The van der Waals surface area contributed by atoms with Crippen molar-refractivity contribution < 1.29 is 23.8 Å². The maximum absolute atomic E-state index is 12.6. The van der Waals surface area contributed by atoms with Crippen molar-refractivity contribution in [1.29, 1.82) is 0 Å². The van der Waals surface area contributed by atoms with E-state index in [1.807, 2.05) is 24.3 Å². The van der Waals surface area contributed by atoms with Crippen molar-refractivity contribution in [3.63, 3.8) is 0 Å². The molecule has 1 aromatic carbocycles. The number of amides is 1. The van der Waals surface area contributed by atoms with E-state index >= 15 is 0 Å². The fourth-order valence-corrected chi connectivity index (χ4v) is 2.80. The first-order valence-corrected chi connectivity index (χ1v) is 9.00. The minimum Gasteiger partial charge on any atom is -0.497 e. The monoisotopic (exact) mass is 361 g/mol. The quantitative estimate of drug-likeness (QED) is 0.500. The van der Waals surface area contributed by atoms with Gasteiger partial charge in [0, 0.05) is 25.8 Å². The van der Waals surface area contributed by atoms with Crippen LogP contribution in [0.1, 0.15) is 31.7 Å². The first-order valence-electron chi connectivity index (χ1n) is 9.00. The zero-order valence-electron chi connectivity index (χ0n) is 15.5. The molecule has 0 bridgehead atoms. The molecule has 1 heterocycles. The third-order valence-corrected chi connectivity index (χ3v) is 4.16. The number of carbonyl (C=O) groups is 2. The third-order valence-electron chi connectivity index (χ3n) is 4.16. The van der Waals surface area contributed by atoms with Crippen molar-refractivity contribution >= 4 is 18.0 Å². The molecule has 0 N–H and O–H groups in total. The van der Waals surface area contributed by atoms with Crippen molar-refractivity contribution in [3.8, 4) is 5.75 Å². The van der Waals surface area contributed by atoms with Crippen molar-refractivity contribution in [2.75, 3.05) is 33.4 Å². The van der Waals surface area contributed by atoms with Gasteiger partial charge in [0.1, 0.15) is 5.75 Å². The molecule has 6 nitrogen and oxygen atoms in total. The fraction of sp³-hybridized carbons (Fsp3) is 0.500. The number of methoxy groups -OCH3 is 1. The number of hydrogen-bond acceptors (Lipinski definition) is 5. The number of nitrogens with zero attached hydrogens (tertiary/aromatic N) is 1. The lowest BCUT2D eigenvalue weighted by Crippen LogP contribution is -2.38. The van der Waals surface area contributed by atoms with Gasteiger partial charge < -0.3 is 19.1 Å². The maximum Gasteiger partial charge on any atom is 0.307 e. The number of ether oxygens (including phenoxy) is 3. The topological polar surface area (TPSA) is 65.1 Å². The Balaban J connectivity index is 2.00. The standard InChI is InChI=1S/C20H27NO5/c1-3-25-20(23)11-12-21(15-18-8-5-13-26-18)19(22)10-9-16-6-4-7-17(14-16)24-2/h4,6-7,9-10,14,18H,3,5,8,11-13,15H2,1-2H3/b10-9+. The molecule has 142 valence electrons. The summed E-state index contributed by atoms with van der Waals surface area (Å²) in [5, 5.41) is 0. The Hall–Kier alpha value is -2.34. The second-order valence-corrected chi connectivity index (χ2v) is 6.08. The van der Waals surface area contributed by atoms with E-state index < -0.39 is 0 Å². The summed E-state index contributed by atoms with van der Waals surface area (Å²) in [6.45, 7) is 3.64. The molecular formula is C20H27NO5. The van der Waals surface area contributed by atoms with Gasteiger partial charge in [0.2, 0.25) is 5.91 Å². The van der Waals surface area contributed by atoms with Crippen LogP contribution < -0.4 is 4.74 Å². The molecule has 1 fully saturated rings. The molecule has 1 saturated heterocycles. The van der Waals surface area contributed by atoms with Gasteiger partial charge in [0.15, 0.2) is 0 Å². The smallest absolute Gasteiger partial charge is 0.307 e. The van der Waals surface area contributed by atoms with Crippen molar-refractivity contribution in [3.05, 3.63) is 35.9 Å². The zero-order chi connectivity index (χ0) is 18.8. The lowest BCUT2D eigenvalue weighted by molar-refractivity contribution is -0.144. The van der Waals surface area contributed by atoms with Gasteiger partial charge in [-0.1, -0.05) is 12.1 Å². The van der Waals surface area contributed by atoms with Gasteiger partial charge in [-0.15, -0.1) is 0 Å². The molecule has 26 heavy (non-hydrogen) atoms. The number of rotatable bonds is 9. The van der Waals surface area contributed by atoms with E-state index in [0.29, 0.717) is 19.7 Å². The minimum atomic E-state index is -0.297. The molecule has 2 rings (SSSR count). The normalized spacial score (nSPS) is 16.6. The van der Waals surface area contributed by atoms with Crippen LogP contribution in [0.2, 0.25) is 0 Å². The van der Waals surface area contributed by atoms with E-state index in [-0.39, 0.29) is 24.4 Å². The van der Waals surface area contributed by atoms with Crippen LogP contribution in [0.25, 0.3) is 6.08 Å². The minimum absolute atomic E-state index is 0.0337. The first kappa shape index (κ1) is 20.0. The molecule has 1 atom stereocenters. The van der Waals surface area contributed by atoms with Crippen molar-refractivity contribution in [2.45, 2.75) is 32.3 Å². The molecule has 0 aromatic heterocycles. The van der Waals surface area contributed by atoms with Crippen LogP contribution in [0.15, 0.2) is 30.3 Å². The van der Waals surface area contributed by atoms with Gasteiger partial charge >= 0.3 is 5.97 Å². The van der Waals surface area contributed by atoms with E-state index in [4.69, 9.17) is 14.2 Å². The molecule has 0 aliphatic carbocycles. The van der Waals surface area contributed by atoms with Gasteiger partial charge in [-0.25, -0.2) is 0 Å². The average Bonchev–Trinajstić information content (AvgIpc) is 3.16. The number of esters is 1. The highest BCUT2D eigenvalue weighted by Crippen LogP contribution is 2.16. The summed E-state index contributed by atoms with van der Waals surface area (Å²) < 4.78 is 15.8. The van der Waals surface area contributed by atoms with Crippen LogP contribution in [0.3, 0.4) is 0 Å². The third kappa shape index (κ3) is 6.52. The summed E-state index contributed by atoms with van der Waals surface area (Å²) in [5.74, 6) is 0.292. The second-order valence-electron chi connectivity index (χ2n) is 6.08. The van der Waals surface area contributed by atoms with Gasteiger partial charge in [-0.3, -0.25) is 9.59 Å². The number of benzene rings is 1. The van der Waals surface area contributed by atoms with Crippen LogP contribution in [-0.2, 0) is 19.1 Å². The molecule has 0 radical (unpaired) electrons. The Labute approximate surface area is 154 Å². The molecule has 1 aliphatic rings.